The molecule has 0 saturated carbocycles. The second kappa shape index (κ2) is 8.23. The molecule has 1 saturated heterocycles. The standard InChI is InChI=1S/C19H29N3O3/c1-19(2,3)20-18(24)22-10-6-9-21(11-12-22)17(23)14-15-7-5-8-16(13-15)25-4/h5,7-8,13H,6,9-12,14H2,1-4H3,(H,20,24). The molecule has 1 fully saturated rings. The molecule has 1 heterocycles. The molecule has 0 spiro atoms. The molecule has 25 heavy (non-hydrogen) atoms. The molecule has 1 aromatic carbocycles. The molecule has 1 aliphatic rings. The molecule has 2 rings (SSSR count). The molecule has 1 aromatic rings. The molecule has 0 unspecified atom stereocenters. The molecule has 3 amide bonds. The zero-order valence-electron chi connectivity index (χ0n) is 15.7. The summed E-state index contributed by atoms with van der Waals surface area (Å²) in [6.07, 6.45) is 1.15. The van der Waals surface area contributed by atoms with E-state index in [1.807, 2.05) is 49.9 Å². The van der Waals surface area contributed by atoms with Gasteiger partial charge in [0, 0.05) is 31.7 Å². The van der Waals surface area contributed by atoms with Crippen molar-refractivity contribution >= 4 is 11.9 Å². The third-order valence-corrected chi connectivity index (χ3v) is 4.11. The second-order valence-electron chi connectivity index (χ2n) is 7.43. The number of benzene rings is 1. The first-order valence-corrected chi connectivity index (χ1v) is 8.76. The van der Waals surface area contributed by atoms with Crippen LogP contribution >= 0.6 is 0 Å². The second-order valence-corrected chi connectivity index (χ2v) is 7.43. The van der Waals surface area contributed by atoms with Crippen LogP contribution in [0.3, 0.4) is 0 Å². The zero-order valence-corrected chi connectivity index (χ0v) is 15.7. The average molecular weight is 347 g/mol. The van der Waals surface area contributed by atoms with Gasteiger partial charge in [0.05, 0.1) is 13.5 Å². The van der Waals surface area contributed by atoms with Crippen LogP contribution in [0.25, 0.3) is 0 Å². The molecule has 0 bridgehead atoms. The van der Waals surface area contributed by atoms with Gasteiger partial charge in [-0.2, -0.15) is 0 Å². The summed E-state index contributed by atoms with van der Waals surface area (Å²) < 4.78 is 5.21. The molecule has 6 heteroatoms. The quantitative estimate of drug-likeness (QED) is 0.912. The Morgan fingerprint density at radius 1 is 1.12 bits per heavy atom. The number of carbonyl (C=O) groups excluding carboxylic acids is 2. The molecule has 0 aromatic heterocycles. The lowest BCUT2D eigenvalue weighted by Crippen LogP contribution is -2.49. The SMILES string of the molecule is COc1cccc(CC(=O)N2CCCN(C(=O)NC(C)(C)C)CC2)c1. The minimum Gasteiger partial charge on any atom is -0.497 e. The van der Waals surface area contributed by atoms with E-state index in [0.717, 1.165) is 17.7 Å². The first kappa shape index (κ1) is 19.1. The van der Waals surface area contributed by atoms with Crippen LogP contribution in [0.1, 0.15) is 32.8 Å². The van der Waals surface area contributed by atoms with Crippen molar-refractivity contribution < 1.29 is 14.3 Å². The smallest absolute Gasteiger partial charge is 0.317 e. The first-order valence-electron chi connectivity index (χ1n) is 8.76. The fourth-order valence-corrected chi connectivity index (χ4v) is 2.84. The number of amides is 3. The first-order chi connectivity index (χ1) is 11.8. The third-order valence-electron chi connectivity index (χ3n) is 4.11. The van der Waals surface area contributed by atoms with Crippen LogP contribution in [-0.2, 0) is 11.2 Å². The van der Waals surface area contributed by atoms with Crippen LogP contribution in [0.2, 0.25) is 0 Å². The van der Waals surface area contributed by atoms with E-state index in [2.05, 4.69) is 5.32 Å². The van der Waals surface area contributed by atoms with Crippen LogP contribution < -0.4 is 10.1 Å². The van der Waals surface area contributed by atoms with E-state index < -0.39 is 0 Å². The van der Waals surface area contributed by atoms with E-state index in [0.29, 0.717) is 32.6 Å². The molecule has 0 radical (unpaired) electrons. The minimum atomic E-state index is -0.259. The van der Waals surface area contributed by atoms with Gasteiger partial charge < -0.3 is 19.9 Å². The highest BCUT2D eigenvalue weighted by Gasteiger charge is 2.24. The highest BCUT2D eigenvalue weighted by atomic mass is 16.5. The Morgan fingerprint density at radius 2 is 1.80 bits per heavy atom. The summed E-state index contributed by atoms with van der Waals surface area (Å²) in [5, 5.41) is 2.98. The summed E-state index contributed by atoms with van der Waals surface area (Å²) in [6.45, 7) is 8.38. The van der Waals surface area contributed by atoms with Crippen LogP contribution in [0.15, 0.2) is 24.3 Å². The van der Waals surface area contributed by atoms with Crippen LogP contribution in [-0.4, -0.2) is 60.6 Å². The van der Waals surface area contributed by atoms with E-state index in [-0.39, 0.29) is 17.5 Å². The van der Waals surface area contributed by atoms with Crippen molar-refractivity contribution in [1.82, 2.24) is 15.1 Å². The van der Waals surface area contributed by atoms with Crippen molar-refractivity contribution in [2.75, 3.05) is 33.3 Å². The van der Waals surface area contributed by atoms with Gasteiger partial charge in [-0.05, 0) is 44.9 Å². The van der Waals surface area contributed by atoms with Gasteiger partial charge in [0.2, 0.25) is 5.91 Å². The lowest BCUT2D eigenvalue weighted by molar-refractivity contribution is -0.130. The van der Waals surface area contributed by atoms with Crippen LogP contribution in [0.4, 0.5) is 4.79 Å². The summed E-state index contributed by atoms with van der Waals surface area (Å²) in [5.41, 5.74) is 0.682. The van der Waals surface area contributed by atoms with Gasteiger partial charge in [-0.1, -0.05) is 12.1 Å². The molecular formula is C19H29N3O3. The topological polar surface area (TPSA) is 61.9 Å². The van der Waals surface area contributed by atoms with Gasteiger partial charge in [0.1, 0.15) is 5.75 Å². The molecule has 0 aliphatic carbocycles. The highest BCUT2D eigenvalue weighted by molar-refractivity contribution is 5.79. The average Bonchev–Trinajstić information content (AvgIpc) is 2.79. The number of carbonyl (C=O) groups is 2. The van der Waals surface area contributed by atoms with Crippen molar-refractivity contribution in [1.29, 1.82) is 0 Å². The van der Waals surface area contributed by atoms with Gasteiger partial charge >= 0.3 is 6.03 Å². The van der Waals surface area contributed by atoms with Crippen molar-refractivity contribution in [3.63, 3.8) is 0 Å². The Bertz CT molecular complexity index is 610. The fourth-order valence-electron chi connectivity index (χ4n) is 2.84. The van der Waals surface area contributed by atoms with Crippen molar-refractivity contribution in [3.8, 4) is 5.75 Å². The number of hydrogen-bond acceptors (Lipinski definition) is 3. The van der Waals surface area contributed by atoms with Gasteiger partial charge in [-0.25, -0.2) is 4.79 Å². The summed E-state index contributed by atoms with van der Waals surface area (Å²) in [5.74, 6) is 0.845. The lowest BCUT2D eigenvalue weighted by Gasteiger charge is -2.27. The van der Waals surface area contributed by atoms with Gasteiger partial charge in [0.15, 0.2) is 0 Å². The summed E-state index contributed by atoms with van der Waals surface area (Å²) >= 11 is 0. The van der Waals surface area contributed by atoms with Crippen molar-refractivity contribution in [2.45, 2.75) is 39.2 Å². The normalized spacial score (nSPS) is 15.5. The molecule has 1 aliphatic heterocycles. The maximum Gasteiger partial charge on any atom is 0.317 e. The van der Waals surface area contributed by atoms with E-state index in [4.69, 9.17) is 4.74 Å². The number of rotatable bonds is 3. The molecule has 138 valence electrons. The zero-order chi connectivity index (χ0) is 18.4. The number of hydrogen-bond donors (Lipinski definition) is 1. The van der Waals surface area contributed by atoms with Crippen molar-refractivity contribution in [2.24, 2.45) is 0 Å². The maximum absolute atomic E-state index is 12.6. The number of ether oxygens (including phenoxy) is 1. The molecule has 6 nitrogen and oxygen atoms in total. The Kier molecular flexibility index (Phi) is 6.28. The van der Waals surface area contributed by atoms with Crippen LogP contribution in [0, 0.1) is 0 Å². The Hall–Kier alpha value is -2.24. The molecule has 1 N–H and O–H groups in total. The van der Waals surface area contributed by atoms with E-state index in [1.54, 1.807) is 12.0 Å². The largest absolute Gasteiger partial charge is 0.497 e. The summed E-state index contributed by atoms with van der Waals surface area (Å²) in [7, 11) is 1.62. The van der Waals surface area contributed by atoms with Crippen LogP contribution in [0.5, 0.6) is 5.75 Å². The lowest BCUT2D eigenvalue weighted by atomic mass is 10.1. The van der Waals surface area contributed by atoms with Gasteiger partial charge in [0.25, 0.3) is 0 Å². The maximum atomic E-state index is 12.6. The minimum absolute atomic E-state index is 0.0606. The number of urea groups is 1. The van der Waals surface area contributed by atoms with Crippen molar-refractivity contribution in [3.05, 3.63) is 29.8 Å². The monoisotopic (exact) mass is 347 g/mol. The number of nitrogens with zero attached hydrogens (tertiary/aromatic N) is 2. The van der Waals surface area contributed by atoms with E-state index >= 15 is 0 Å². The highest BCUT2D eigenvalue weighted by Crippen LogP contribution is 2.14. The predicted molar refractivity (Wildman–Crippen MR) is 97.8 cm³/mol. The van der Waals surface area contributed by atoms with Gasteiger partial charge in [-0.15, -0.1) is 0 Å². The fraction of sp³-hybridized carbons (Fsp3) is 0.579. The third kappa shape index (κ3) is 5.96. The Labute approximate surface area is 150 Å². The number of methoxy groups -OCH3 is 1. The van der Waals surface area contributed by atoms with Gasteiger partial charge in [-0.3, -0.25) is 4.79 Å². The Morgan fingerprint density at radius 3 is 2.48 bits per heavy atom. The Balaban J connectivity index is 1.91. The predicted octanol–water partition coefficient (Wildman–Crippen LogP) is 2.28. The molecule has 0 atom stereocenters. The van der Waals surface area contributed by atoms with E-state index in [1.165, 1.54) is 0 Å². The number of nitrogens with one attached hydrogen (secondary N) is 1. The molecular weight excluding hydrogens is 318 g/mol. The van der Waals surface area contributed by atoms with E-state index in [9.17, 15) is 9.59 Å². The summed E-state index contributed by atoms with van der Waals surface area (Å²) in [6, 6.07) is 7.52. The summed E-state index contributed by atoms with van der Waals surface area (Å²) in [4.78, 5) is 28.5.